The summed E-state index contributed by atoms with van der Waals surface area (Å²) >= 11 is 0. The van der Waals surface area contributed by atoms with Crippen LogP contribution in [0.2, 0.25) is 0 Å². The van der Waals surface area contributed by atoms with Crippen LogP contribution in [-0.4, -0.2) is 24.2 Å². The fraction of sp³-hybridized carbons (Fsp3) is 0.200. The third-order valence-electron chi connectivity index (χ3n) is 5.85. The first-order valence-electron chi connectivity index (χ1n) is 10.5. The zero-order valence-corrected chi connectivity index (χ0v) is 17.3. The van der Waals surface area contributed by atoms with E-state index in [0.29, 0.717) is 18.8 Å². The number of aryl methyl sites for hydroxylation is 1. The van der Waals surface area contributed by atoms with Crippen molar-refractivity contribution in [3.05, 3.63) is 101 Å². The molecule has 5 aromatic rings. The van der Waals surface area contributed by atoms with Crippen molar-refractivity contribution in [3.8, 4) is 0 Å². The van der Waals surface area contributed by atoms with E-state index >= 15 is 0 Å². The lowest BCUT2D eigenvalue weighted by molar-refractivity contribution is 0.151. The summed E-state index contributed by atoms with van der Waals surface area (Å²) in [5.41, 5.74) is 4.17. The lowest BCUT2D eigenvalue weighted by Crippen LogP contribution is -2.29. The lowest BCUT2D eigenvalue weighted by atomic mass is 10.0. The second-order valence-electron chi connectivity index (χ2n) is 7.70. The number of nitrogens with zero attached hydrogens (tertiary/aromatic N) is 3. The molecule has 2 atom stereocenters. The first kappa shape index (κ1) is 19.3. The molecular formula is C25H24N4O2. The van der Waals surface area contributed by atoms with Crippen molar-refractivity contribution >= 4 is 22.1 Å². The summed E-state index contributed by atoms with van der Waals surface area (Å²) in [4.78, 5) is 21.6. The minimum atomic E-state index is -0.741. The van der Waals surface area contributed by atoms with E-state index in [1.165, 1.54) is 0 Å². The highest BCUT2D eigenvalue weighted by Gasteiger charge is 2.27. The third kappa shape index (κ3) is 3.35. The lowest BCUT2D eigenvalue weighted by Gasteiger charge is -2.20. The van der Waals surface area contributed by atoms with E-state index in [4.69, 9.17) is 4.98 Å². The van der Waals surface area contributed by atoms with E-state index in [9.17, 15) is 9.90 Å². The average Bonchev–Trinajstić information content (AvgIpc) is 3.36. The van der Waals surface area contributed by atoms with E-state index in [0.717, 1.165) is 27.6 Å². The molecule has 0 fully saturated rings. The minimum Gasteiger partial charge on any atom is -0.388 e. The molecule has 2 unspecified atom stereocenters. The average molecular weight is 412 g/mol. The van der Waals surface area contributed by atoms with Crippen LogP contribution in [0, 0.1) is 0 Å². The van der Waals surface area contributed by atoms with Crippen LogP contribution in [0.1, 0.15) is 36.9 Å². The number of hydrogen-bond acceptors (Lipinski definition) is 3. The number of hydrogen-bond donors (Lipinski definition) is 2. The van der Waals surface area contributed by atoms with Crippen molar-refractivity contribution < 1.29 is 5.11 Å². The molecule has 0 aliphatic heterocycles. The van der Waals surface area contributed by atoms with Crippen molar-refractivity contribution in [3.63, 3.8) is 0 Å². The summed E-state index contributed by atoms with van der Waals surface area (Å²) < 4.78 is 3.53. The number of aromatic amines is 1. The highest BCUT2D eigenvalue weighted by molar-refractivity contribution is 5.77. The van der Waals surface area contributed by atoms with Crippen LogP contribution in [0.25, 0.3) is 22.1 Å². The molecule has 0 saturated heterocycles. The molecule has 156 valence electrons. The van der Waals surface area contributed by atoms with Gasteiger partial charge in [0.25, 0.3) is 0 Å². The van der Waals surface area contributed by atoms with Crippen LogP contribution in [-0.2, 0) is 6.54 Å². The van der Waals surface area contributed by atoms with Crippen LogP contribution >= 0.6 is 0 Å². The number of para-hydroxylation sites is 4. The summed E-state index contributed by atoms with van der Waals surface area (Å²) in [6.07, 6.45) is -0.420. The maximum atomic E-state index is 13.5. The predicted molar refractivity (Wildman–Crippen MR) is 122 cm³/mol. The number of rotatable bonds is 6. The van der Waals surface area contributed by atoms with Gasteiger partial charge in [-0.15, -0.1) is 0 Å². The topological polar surface area (TPSA) is 75.8 Å². The van der Waals surface area contributed by atoms with Gasteiger partial charge >= 0.3 is 5.69 Å². The number of benzene rings is 3. The van der Waals surface area contributed by atoms with Crippen molar-refractivity contribution in [2.45, 2.75) is 32.0 Å². The third-order valence-corrected chi connectivity index (χ3v) is 5.85. The summed E-state index contributed by atoms with van der Waals surface area (Å²) in [7, 11) is 0. The second-order valence-corrected chi connectivity index (χ2v) is 7.70. The Kier molecular flexibility index (Phi) is 4.92. The Morgan fingerprint density at radius 3 is 2.35 bits per heavy atom. The predicted octanol–water partition coefficient (Wildman–Crippen LogP) is 4.41. The van der Waals surface area contributed by atoms with E-state index in [2.05, 4.69) is 4.98 Å². The smallest absolute Gasteiger partial charge is 0.329 e. The van der Waals surface area contributed by atoms with E-state index in [-0.39, 0.29) is 5.69 Å². The minimum absolute atomic E-state index is 0.102. The molecule has 5 rings (SSSR count). The molecule has 6 heteroatoms. The van der Waals surface area contributed by atoms with Gasteiger partial charge < -0.3 is 10.1 Å². The molecule has 2 N–H and O–H groups in total. The number of fused-ring (bicyclic) bond motifs is 2. The van der Waals surface area contributed by atoms with Gasteiger partial charge in [0.15, 0.2) is 0 Å². The fourth-order valence-corrected chi connectivity index (χ4v) is 4.33. The summed E-state index contributed by atoms with van der Waals surface area (Å²) in [5, 5.41) is 11.1. The molecular weight excluding hydrogens is 388 g/mol. The van der Waals surface area contributed by atoms with Gasteiger partial charge in [-0.2, -0.15) is 0 Å². The Balaban J connectivity index is 1.70. The highest BCUT2D eigenvalue weighted by atomic mass is 16.3. The number of nitrogens with one attached hydrogen (secondary N) is 1. The zero-order chi connectivity index (χ0) is 21.4. The van der Waals surface area contributed by atoms with E-state index in [1.54, 1.807) is 9.13 Å². The molecule has 31 heavy (non-hydrogen) atoms. The van der Waals surface area contributed by atoms with Crippen LogP contribution in [0.15, 0.2) is 83.7 Å². The summed E-state index contributed by atoms with van der Waals surface area (Å²) in [6, 6.07) is 24.7. The molecule has 2 aromatic heterocycles. The van der Waals surface area contributed by atoms with Gasteiger partial charge in [0.05, 0.1) is 34.2 Å². The van der Waals surface area contributed by atoms with Gasteiger partial charge in [-0.25, -0.2) is 9.78 Å². The molecule has 0 bridgehead atoms. The molecule has 2 heterocycles. The van der Waals surface area contributed by atoms with Crippen LogP contribution in [0.5, 0.6) is 0 Å². The van der Waals surface area contributed by atoms with Crippen LogP contribution in [0.4, 0.5) is 0 Å². The van der Waals surface area contributed by atoms with Gasteiger partial charge in [-0.3, -0.25) is 9.13 Å². The van der Waals surface area contributed by atoms with Gasteiger partial charge in [0.2, 0.25) is 0 Å². The summed E-state index contributed by atoms with van der Waals surface area (Å²) in [5.74, 6) is 0.664. The standard InChI is InChI=1S/C25H24N4O2/c1-2-28-20-14-8-9-15-21(20)29(25(28)31)22(16-23(30)17-10-4-3-5-11-17)24-26-18-12-6-7-13-19(18)27-24/h3-15,22-23,30H,2,16H2,1H3,(H,26,27). The molecule has 0 spiro atoms. The fourth-order valence-electron chi connectivity index (χ4n) is 4.33. The van der Waals surface area contributed by atoms with Crippen molar-refractivity contribution in [1.29, 1.82) is 0 Å². The van der Waals surface area contributed by atoms with Crippen LogP contribution < -0.4 is 5.69 Å². The first-order valence-corrected chi connectivity index (χ1v) is 10.5. The van der Waals surface area contributed by atoms with E-state index in [1.807, 2.05) is 85.8 Å². The first-order chi connectivity index (χ1) is 15.2. The van der Waals surface area contributed by atoms with Gasteiger partial charge in [-0.1, -0.05) is 54.6 Å². The molecule has 0 aliphatic rings. The molecule has 0 radical (unpaired) electrons. The Bertz CT molecular complexity index is 1360. The molecule has 0 saturated carbocycles. The monoisotopic (exact) mass is 412 g/mol. The Labute approximate surface area is 179 Å². The molecule has 6 nitrogen and oxygen atoms in total. The number of aliphatic hydroxyl groups is 1. The van der Waals surface area contributed by atoms with Gasteiger partial charge in [-0.05, 0) is 36.8 Å². The number of aromatic nitrogens is 4. The summed E-state index contributed by atoms with van der Waals surface area (Å²) in [6.45, 7) is 2.54. The quantitative estimate of drug-likeness (QED) is 0.434. The normalized spacial score (nSPS) is 13.6. The van der Waals surface area contributed by atoms with Gasteiger partial charge in [0, 0.05) is 13.0 Å². The highest BCUT2D eigenvalue weighted by Crippen LogP contribution is 2.31. The maximum Gasteiger partial charge on any atom is 0.329 e. The molecule has 0 aliphatic carbocycles. The Hall–Kier alpha value is -3.64. The molecule has 0 amide bonds. The number of imidazole rings is 2. The van der Waals surface area contributed by atoms with Crippen molar-refractivity contribution in [1.82, 2.24) is 19.1 Å². The van der Waals surface area contributed by atoms with Crippen molar-refractivity contribution in [2.24, 2.45) is 0 Å². The number of H-pyrrole nitrogens is 1. The Morgan fingerprint density at radius 1 is 0.935 bits per heavy atom. The largest absolute Gasteiger partial charge is 0.388 e. The SMILES string of the molecule is CCn1c(=O)n(C(CC(O)c2ccccc2)c2nc3ccccc3[nH]2)c2ccccc21. The maximum absolute atomic E-state index is 13.5. The zero-order valence-electron chi connectivity index (χ0n) is 17.3. The van der Waals surface area contributed by atoms with Crippen LogP contribution in [0.3, 0.4) is 0 Å². The number of aliphatic hydroxyl groups excluding tert-OH is 1. The molecule has 3 aromatic carbocycles. The van der Waals surface area contributed by atoms with Gasteiger partial charge in [0.1, 0.15) is 5.82 Å². The Morgan fingerprint density at radius 2 is 1.61 bits per heavy atom. The second kappa shape index (κ2) is 7.89. The van der Waals surface area contributed by atoms with E-state index < -0.39 is 12.1 Å². The van der Waals surface area contributed by atoms with Crippen molar-refractivity contribution in [2.75, 3.05) is 0 Å².